The van der Waals surface area contributed by atoms with Crippen LogP contribution in [0.1, 0.15) is 53.4 Å². The van der Waals surface area contributed by atoms with Crippen LogP contribution < -0.4 is 15.5 Å². The highest BCUT2D eigenvalue weighted by atomic mass is 32.1. The molecule has 0 saturated carbocycles. The van der Waals surface area contributed by atoms with Crippen molar-refractivity contribution in [2.24, 2.45) is 0 Å². The van der Waals surface area contributed by atoms with E-state index in [4.69, 9.17) is 4.74 Å². The maximum Gasteiger partial charge on any atom is 0.341 e. The number of amides is 3. The number of esters is 1. The number of carbonyl (C=O) groups is 4. The number of benzene rings is 1. The highest BCUT2D eigenvalue weighted by Gasteiger charge is 2.28. The van der Waals surface area contributed by atoms with Crippen molar-refractivity contribution in [1.29, 1.82) is 0 Å². The van der Waals surface area contributed by atoms with Gasteiger partial charge in [-0.15, -0.1) is 11.3 Å². The number of hydrogen-bond acceptors (Lipinski definition) is 6. The molecule has 0 radical (unpaired) electrons. The summed E-state index contributed by atoms with van der Waals surface area (Å²) in [6, 6.07) is 7.07. The molecule has 3 amide bonds. The predicted molar refractivity (Wildman–Crippen MR) is 122 cm³/mol. The van der Waals surface area contributed by atoms with E-state index in [9.17, 15) is 19.2 Å². The first-order valence-electron chi connectivity index (χ1n) is 10.7. The number of hydrogen-bond donors (Lipinski definition) is 2. The van der Waals surface area contributed by atoms with E-state index >= 15 is 0 Å². The smallest absolute Gasteiger partial charge is 0.341 e. The molecule has 9 heteroatoms. The fraction of sp³-hybridized carbons (Fsp3) is 0.391. The number of nitrogens with zero attached hydrogens (tertiary/aromatic N) is 1. The summed E-state index contributed by atoms with van der Waals surface area (Å²) >= 11 is 1.40. The summed E-state index contributed by atoms with van der Waals surface area (Å²) in [7, 11) is 0. The van der Waals surface area contributed by atoms with E-state index in [2.05, 4.69) is 10.6 Å². The maximum absolute atomic E-state index is 12.9. The minimum atomic E-state index is -0.619. The van der Waals surface area contributed by atoms with Crippen molar-refractivity contribution >= 4 is 51.4 Å². The number of carbonyl (C=O) groups excluding carboxylic acids is 4. The van der Waals surface area contributed by atoms with E-state index in [0.717, 1.165) is 42.5 Å². The molecule has 1 aliphatic heterocycles. The van der Waals surface area contributed by atoms with Crippen molar-refractivity contribution in [1.82, 2.24) is 0 Å². The molecule has 1 aromatic heterocycles. The van der Waals surface area contributed by atoms with Gasteiger partial charge in [0.25, 0.3) is 5.91 Å². The second-order valence-corrected chi connectivity index (χ2v) is 8.99. The first-order chi connectivity index (χ1) is 15.4. The van der Waals surface area contributed by atoms with Crippen LogP contribution in [0.15, 0.2) is 24.3 Å². The third kappa shape index (κ3) is 4.67. The topological polar surface area (TPSA) is 105 Å². The van der Waals surface area contributed by atoms with Gasteiger partial charge in [0, 0.05) is 24.8 Å². The molecule has 0 unspecified atom stereocenters. The van der Waals surface area contributed by atoms with Crippen LogP contribution in [0.4, 0.5) is 16.4 Å². The number of ether oxygens (including phenoxy) is 1. The zero-order chi connectivity index (χ0) is 22.7. The lowest BCUT2D eigenvalue weighted by molar-refractivity contribution is -0.119. The summed E-state index contributed by atoms with van der Waals surface area (Å²) in [5.41, 5.74) is 2.40. The van der Waals surface area contributed by atoms with Crippen molar-refractivity contribution in [2.75, 3.05) is 28.7 Å². The quantitative estimate of drug-likeness (QED) is 0.649. The van der Waals surface area contributed by atoms with Gasteiger partial charge in [0.1, 0.15) is 5.00 Å². The van der Waals surface area contributed by atoms with Crippen LogP contribution in [0.2, 0.25) is 0 Å². The fourth-order valence-corrected chi connectivity index (χ4v) is 5.46. The Morgan fingerprint density at radius 1 is 1.06 bits per heavy atom. The summed E-state index contributed by atoms with van der Waals surface area (Å²) in [6.07, 6.45) is 4.90. The van der Waals surface area contributed by atoms with Crippen molar-refractivity contribution in [2.45, 2.75) is 45.4 Å². The molecule has 168 valence electrons. The Balaban J connectivity index is 1.44. The Labute approximate surface area is 189 Å². The largest absolute Gasteiger partial charge is 0.452 e. The Kier molecular flexibility index (Phi) is 6.55. The van der Waals surface area contributed by atoms with Gasteiger partial charge < -0.3 is 20.3 Å². The highest BCUT2D eigenvalue weighted by molar-refractivity contribution is 7.17. The number of para-hydroxylation sites is 2. The normalized spacial score (nSPS) is 15.3. The van der Waals surface area contributed by atoms with Gasteiger partial charge in [-0.3, -0.25) is 14.4 Å². The van der Waals surface area contributed by atoms with E-state index in [-0.39, 0.29) is 11.8 Å². The lowest BCUT2D eigenvalue weighted by Crippen LogP contribution is -2.27. The first kappa shape index (κ1) is 22.0. The van der Waals surface area contributed by atoms with Crippen molar-refractivity contribution in [3.8, 4) is 0 Å². The summed E-state index contributed by atoms with van der Waals surface area (Å²) in [5, 5.41) is 5.94. The van der Waals surface area contributed by atoms with Crippen LogP contribution in [0.25, 0.3) is 0 Å². The summed E-state index contributed by atoms with van der Waals surface area (Å²) in [4.78, 5) is 51.8. The summed E-state index contributed by atoms with van der Waals surface area (Å²) in [5.74, 6) is -1.36. The number of anilines is 3. The number of fused-ring (bicyclic) bond motifs is 1. The Hall–Kier alpha value is -3.20. The molecule has 2 N–H and O–H groups in total. The van der Waals surface area contributed by atoms with E-state index in [1.54, 1.807) is 29.2 Å². The van der Waals surface area contributed by atoms with E-state index in [1.165, 1.54) is 18.3 Å². The molecule has 4 rings (SSSR count). The average molecular weight is 456 g/mol. The van der Waals surface area contributed by atoms with Crippen molar-refractivity contribution in [3.63, 3.8) is 0 Å². The van der Waals surface area contributed by atoms with Gasteiger partial charge in [-0.1, -0.05) is 12.1 Å². The second-order valence-electron chi connectivity index (χ2n) is 7.89. The van der Waals surface area contributed by atoms with Crippen LogP contribution in [-0.2, 0) is 32.0 Å². The summed E-state index contributed by atoms with van der Waals surface area (Å²) < 4.78 is 5.32. The number of thiophene rings is 1. The molecule has 1 fully saturated rings. The number of nitrogens with one attached hydrogen (secondary N) is 2. The van der Waals surface area contributed by atoms with Gasteiger partial charge in [0.15, 0.2) is 6.61 Å². The predicted octanol–water partition coefficient (Wildman–Crippen LogP) is 3.51. The van der Waals surface area contributed by atoms with Crippen LogP contribution in [0.5, 0.6) is 0 Å². The van der Waals surface area contributed by atoms with Gasteiger partial charge in [-0.25, -0.2) is 4.79 Å². The zero-order valence-corrected chi connectivity index (χ0v) is 18.7. The zero-order valence-electron chi connectivity index (χ0n) is 17.9. The number of aryl methyl sites for hydroxylation is 1. The molecule has 0 atom stereocenters. The molecular formula is C23H25N3O5S. The van der Waals surface area contributed by atoms with E-state index in [1.807, 2.05) is 0 Å². The average Bonchev–Trinajstić information content (AvgIpc) is 3.35. The number of rotatable bonds is 6. The van der Waals surface area contributed by atoms with Gasteiger partial charge in [0.05, 0.1) is 16.9 Å². The summed E-state index contributed by atoms with van der Waals surface area (Å²) in [6.45, 7) is 1.53. The molecule has 2 heterocycles. The molecule has 0 spiro atoms. The van der Waals surface area contributed by atoms with Crippen molar-refractivity contribution in [3.05, 3.63) is 40.3 Å². The molecule has 1 saturated heterocycles. The first-order valence-corrected chi connectivity index (χ1v) is 11.5. The molecule has 0 bridgehead atoms. The molecule has 8 nitrogen and oxygen atoms in total. The lowest BCUT2D eigenvalue weighted by Gasteiger charge is -2.20. The Morgan fingerprint density at radius 3 is 2.59 bits per heavy atom. The molecule has 2 aliphatic rings. The Morgan fingerprint density at radius 2 is 1.84 bits per heavy atom. The molecule has 1 aromatic carbocycles. The van der Waals surface area contributed by atoms with Gasteiger partial charge in [0.2, 0.25) is 11.8 Å². The third-order valence-electron chi connectivity index (χ3n) is 5.54. The molecular weight excluding hydrogens is 430 g/mol. The van der Waals surface area contributed by atoms with E-state index in [0.29, 0.717) is 34.9 Å². The van der Waals surface area contributed by atoms with Gasteiger partial charge in [-0.05, 0) is 49.8 Å². The van der Waals surface area contributed by atoms with Gasteiger partial charge in [-0.2, -0.15) is 0 Å². The molecule has 1 aliphatic carbocycles. The van der Waals surface area contributed by atoms with Gasteiger partial charge >= 0.3 is 5.97 Å². The fourth-order valence-electron chi connectivity index (χ4n) is 4.14. The van der Waals surface area contributed by atoms with Crippen LogP contribution in [-0.4, -0.2) is 36.8 Å². The third-order valence-corrected chi connectivity index (χ3v) is 6.75. The monoisotopic (exact) mass is 455 g/mol. The van der Waals surface area contributed by atoms with Crippen LogP contribution in [0.3, 0.4) is 0 Å². The minimum absolute atomic E-state index is 0.0193. The Bertz CT molecular complexity index is 1080. The standard InChI is InChI=1S/C23H25N3O5S/c1-14(27)24-22-21(15-7-2-5-10-18(15)32-22)23(30)31-13-19(28)25-16-8-3-4-9-17(16)26-12-6-11-20(26)29/h3-4,8-9H,2,5-7,10-13H2,1H3,(H,24,27)(H,25,28). The SMILES string of the molecule is CC(=O)Nc1sc2c(c1C(=O)OCC(=O)Nc1ccccc1N1CCCC1=O)CCCC2. The van der Waals surface area contributed by atoms with Crippen LogP contribution in [0, 0.1) is 0 Å². The molecule has 32 heavy (non-hydrogen) atoms. The second kappa shape index (κ2) is 9.52. The highest BCUT2D eigenvalue weighted by Crippen LogP contribution is 2.38. The van der Waals surface area contributed by atoms with Crippen molar-refractivity contribution < 1.29 is 23.9 Å². The lowest BCUT2D eigenvalue weighted by atomic mass is 9.95. The van der Waals surface area contributed by atoms with E-state index < -0.39 is 18.5 Å². The van der Waals surface area contributed by atoms with Crippen LogP contribution >= 0.6 is 11.3 Å². The maximum atomic E-state index is 12.9. The minimum Gasteiger partial charge on any atom is -0.452 e. The molecule has 2 aromatic rings.